The van der Waals surface area contributed by atoms with E-state index >= 15 is 0 Å². The van der Waals surface area contributed by atoms with Crippen molar-refractivity contribution in [1.29, 1.82) is 0 Å². The number of thiophene rings is 1. The van der Waals surface area contributed by atoms with Crippen molar-refractivity contribution >= 4 is 40.4 Å². The normalized spacial score (nSPS) is 18.3. The lowest BCUT2D eigenvalue weighted by Crippen LogP contribution is -2.41. The molecule has 1 atom stereocenters. The van der Waals surface area contributed by atoms with Gasteiger partial charge >= 0.3 is 0 Å². The summed E-state index contributed by atoms with van der Waals surface area (Å²) in [7, 11) is 1.00. The van der Waals surface area contributed by atoms with Crippen molar-refractivity contribution in [2.45, 2.75) is 19.4 Å². The van der Waals surface area contributed by atoms with Gasteiger partial charge < -0.3 is 25.4 Å². The maximum atomic E-state index is 14.5. The van der Waals surface area contributed by atoms with Crippen LogP contribution in [0.25, 0.3) is 0 Å². The molecule has 1 aromatic carbocycles. The fourth-order valence-electron chi connectivity index (χ4n) is 3.86. The Labute approximate surface area is 201 Å². The zero-order valence-electron chi connectivity index (χ0n) is 19.2. The Kier molecular flexibility index (Phi) is 9.11. The Balaban J connectivity index is 0.00000158. The van der Waals surface area contributed by atoms with E-state index in [0.29, 0.717) is 36.8 Å². The fraction of sp³-hybridized carbons (Fsp3) is 0.435. The molecule has 2 aliphatic rings. The minimum Gasteiger partial charge on any atom is -0.400 e. The number of amides is 3. The molecule has 4 rings (SSSR count). The van der Waals surface area contributed by atoms with Crippen LogP contribution >= 0.6 is 11.3 Å². The first-order valence-corrected chi connectivity index (χ1v) is 11.7. The molecule has 3 heterocycles. The summed E-state index contributed by atoms with van der Waals surface area (Å²) >= 11 is 1.45. The van der Waals surface area contributed by atoms with Crippen molar-refractivity contribution in [3.63, 3.8) is 0 Å². The first-order valence-electron chi connectivity index (χ1n) is 10.9. The van der Waals surface area contributed by atoms with E-state index in [4.69, 9.17) is 9.84 Å². The van der Waals surface area contributed by atoms with Crippen molar-refractivity contribution in [3.05, 3.63) is 45.9 Å². The maximum absolute atomic E-state index is 14.5. The van der Waals surface area contributed by atoms with Crippen LogP contribution in [0.2, 0.25) is 0 Å². The van der Waals surface area contributed by atoms with E-state index < -0.39 is 5.82 Å². The number of hydrogen-bond acceptors (Lipinski definition) is 7. The zero-order chi connectivity index (χ0) is 24.7. The monoisotopic (exact) mass is 492 g/mol. The standard InChI is InChI=1S/C22H25FN4O4S.CH4O/c1-14-2-5-19(32-14)22(30)24-15-6-7-26(11-15)12-20(28)25-18-4-3-16(10-17(18)23)27-8-9-31-13-21(27)29;1-2/h2-5,10,15H,6-9,11-13H2,1H3,(H,24,30)(H,25,28);2H,1H3. The number of hydrogen-bond donors (Lipinski definition) is 3. The predicted molar refractivity (Wildman–Crippen MR) is 128 cm³/mol. The lowest BCUT2D eigenvalue weighted by atomic mass is 10.2. The summed E-state index contributed by atoms with van der Waals surface area (Å²) in [6.45, 7) is 4.03. The topological polar surface area (TPSA) is 111 Å². The van der Waals surface area contributed by atoms with Gasteiger partial charge in [-0.3, -0.25) is 19.3 Å². The van der Waals surface area contributed by atoms with Gasteiger partial charge in [-0.1, -0.05) is 0 Å². The molecule has 0 saturated carbocycles. The second-order valence-electron chi connectivity index (χ2n) is 7.91. The van der Waals surface area contributed by atoms with Crippen LogP contribution in [0, 0.1) is 12.7 Å². The van der Waals surface area contributed by atoms with Crippen LogP contribution in [0.3, 0.4) is 0 Å². The number of likely N-dealkylation sites (tertiary alicyclic amines) is 1. The molecule has 0 radical (unpaired) electrons. The Bertz CT molecular complexity index is 1030. The summed E-state index contributed by atoms with van der Waals surface area (Å²) in [6, 6.07) is 8.00. The number of nitrogens with one attached hydrogen (secondary N) is 2. The molecule has 9 nitrogen and oxygen atoms in total. The third-order valence-corrected chi connectivity index (χ3v) is 6.46. The molecule has 2 aromatic rings. The quantitative estimate of drug-likeness (QED) is 0.565. The molecule has 2 aliphatic heterocycles. The van der Waals surface area contributed by atoms with Crippen LogP contribution in [0.15, 0.2) is 30.3 Å². The summed E-state index contributed by atoms with van der Waals surface area (Å²) in [4.78, 5) is 41.8. The highest BCUT2D eigenvalue weighted by Gasteiger charge is 2.26. The first kappa shape index (κ1) is 25.8. The van der Waals surface area contributed by atoms with Gasteiger partial charge in [0.25, 0.3) is 11.8 Å². The van der Waals surface area contributed by atoms with Gasteiger partial charge in [0, 0.05) is 43.4 Å². The van der Waals surface area contributed by atoms with Crippen LogP contribution in [0.1, 0.15) is 21.0 Å². The van der Waals surface area contributed by atoms with Crippen LogP contribution in [-0.2, 0) is 14.3 Å². The maximum Gasteiger partial charge on any atom is 0.261 e. The van der Waals surface area contributed by atoms with Crippen LogP contribution in [0.5, 0.6) is 0 Å². The van der Waals surface area contributed by atoms with E-state index in [1.807, 2.05) is 24.0 Å². The van der Waals surface area contributed by atoms with Crippen LogP contribution in [0.4, 0.5) is 15.8 Å². The molecule has 11 heteroatoms. The van der Waals surface area contributed by atoms with E-state index in [0.717, 1.165) is 18.4 Å². The van der Waals surface area contributed by atoms with Crippen LogP contribution in [-0.4, -0.2) is 80.3 Å². The molecule has 0 aliphatic carbocycles. The second-order valence-corrected chi connectivity index (χ2v) is 9.20. The molecular weight excluding hydrogens is 463 g/mol. The highest BCUT2D eigenvalue weighted by atomic mass is 32.1. The number of halogens is 1. The third kappa shape index (κ3) is 6.60. The second kappa shape index (κ2) is 12.0. The van der Waals surface area contributed by atoms with Crippen LogP contribution < -0.4 is 15.5 Å². The minimum absolute atomic E-state index is 0.0235. The molecule has 3 N–H and O–H groups in total. The molecule has 0 spiro atoms. The van der Waals surface area contributed by atoms with Gasteiger partial charge in [0.05, 0.1) is 23.7 Å². The Morgan fingerprint density at radius 1 is 1.24 bits per heavy atom. The van der Waals surface area contributed by atoms with Gasteiger partial charge in [0.15, 0.2) is 0 Å². The molecule has 1 aromatic heterocycles. The molecular formula is C23H29FN4O5S. The number of anilines is 2. The summed E-state index contributed by atoms with van der Waals surface area (Å²) in [5.41, 5.74) is 0.504. The number of carbonyl (C=O) groups excluding carboxylic acids is 3. The minimum atomic E-state index is -0.604. The molecule has 2 fully saturated rings. The lowest BCUT2D eigenvalue weighted by molar-refractivity contribution is -0.125. The van der Waals surface area contributed by atoms with E-state index in [1.165, 1.54) is 28.4 Å². The van der Waals surface area contributed by atoms with Crippen molar-refractivity contribution in [2.75, 3.05) is 56.7 Å². The Morgan fingerprint density at radius 3 is 2.71 bits per heavy atom. The van der Waals surface area contributed by atoms with Gasteiger partial charge in [-0.2, -0.15) is 0 Å². The van der Waals surface area contributed by atoms with Gasteiger partial charge in [-0.25, -0.2) is 4.39 Å². The smallest absolute Gasteiger partial charge is 0.261 e. The highest BCUT2D eigenvalue weighted by Crippen LogP contribution is 2.23. The predicted octanol–water partition coefficient (Wildman–Crippen LogP) is 1.61. The van der Waals surface area contributed by atoms with Gasteiger partial charge in [-0.15, -0.1) is 11.3 Å². The number of aliphatic hydroxyl groups excluding tert-OH is 1. The van der Waals surface area contributed by atoms with Gasteiger partial charge in [0.2, 0.25) is 5.91 Å². The summed E-state index contributed by atoms with van der Waals surface area (Å²) in [5.74, 6) is -1.26. The Hall–Kier alpha value is -2.86. The lowest BCUT2D eigenvalue weighted by Gasteiger charge is -2.27. The molecule has 184 valence electrons. The average molecular weight is 493 g/mol. The number of nitrogens with zero attached hydrogens (tertiary/aromatic N) is 2. The third-order valence-electron chi connectivity index (χ3n) is 5.46. The van der Waals surface area contributed by atoms with Crippen molar-refractivity contribution in [1.82, 2.24) is 10.2 Å². The number of rotatable bonds is 6. The molecule has 3 amide bonds. The summed E-state index contributed by atoms with van der Waals surface area (Å²) < 4.78 is 19.6. The van der Waals surface area contributed by atoms with Gasteiger partial charge in [0.1, 0.15) is 12.4 Å². The van der Waals surface area contributed by atoms with Crippen molar-refractivity contribution in [3.8, 4) is 0 Å². The molecule has 1 unspecified atom stereocenters. The van der Waals surface area contributed by atoms with Gasteiger partial charge in [-0.05, 0) is 43.7 Å². The van der Waals surface area contributed by atoms with E-state index in [1.54, 1.807) is 6.07 Å². The van der Waals surface area contributed by atoms with E-state index in [-0.39, 0.29) is 42.6 Å². The van der Waals surface area contributed by atoms with Crippen molar-refractivity contribution in [2.24, 2.45) is 0 Å². The molecule has 0 bridgehead atoms. The summed E-state index contributed by atoms with van der Waals surface area (Å²) in [6.07, 6.45) is 0.750. The zero-order valence-corrected chi connectivity index (χ0v) is 20.0. The molecule has 34 heavy (non-hydrogen) atoms. The number of aliphatic hydroxyl groups is 1. The number of benzene rings is 1. The number of morpholine rings is 1. The summed E-state index contributed by atoms with van der Waals surface area (Å²) in [5, 5.41) is 12.6. The Morgan fingerprint density at radius 2 is 2.03 bits per heavy atom. The fourth-order valence-corrected chi connectivity index (χ4v) is 4.63. The first-order chi connectivity index (χ1) is 16.4. The number of aryl methyl sites for hydroxylation is 1. The largest absolute Gasteiger partial charge is 0.400 e. The SMILES string of the molecule is CO.Cc1ccc(C(=O)NC2CCN(CC(=O)Nc3ccc(N4CCOCC4=O)cc3F)C2)s1. The number of carbonyl (C=O) groups is 3. The molecule has 2 saturated heterocycles. The average Bonchev–Trinajstić information content (AvgIpc) is 3.45. The highest BCUT2D eigenvalue weighted by molar-refractivity contribution is 7.13. The van der Waals surface area contributed by atoms with E-state index in [2.05, 4.69) is 10.6 Å². The number of ether oxygens (including phenoxy) is 1. The van der Waals surface area contributed by atoms with Crippen molar-refractivity contribution < 1.29 is 28.6 Å². The van der Waals surface area contributed by atoms with E-state index in [9.17, 15) is 18.8 Å².